The Morgan fingerprint density at radius 2 is 1.66 bits per heavy atom. The lowest BCUT2D eigenvalue weighted by Crippen LogP contribution is -2.47. The first-order valence-electron chi connectivity index (χ1n) is 11.1. The predicted octanol–water partition coefficient (Wildman–Crippen LogP) is 4.00. The van der Waals surface area contributed by atoms with Crippen LogP contribution in [0.15, 0.2) is 78.9 Å². The van der Waals surface area contributed by atoms with E-state index < -0.39 is 5.91 Å². The Morgan fingerprint density at radius 3 is 2.34 bits per heavy atom. The zero-order valence-electron chi connectivity index (χ0n) is 18.5. The molecular formula is C28H29N3O. The van der Waals surface area contributed by atoms with Gasteiger partial charge in [-0.3, -0.25) is 14.6 Å². The third-order valence-corrected chi connectivity index (χ3v) is 5.91. The number of aryl methyl sites for hydroxylation is 1. The van der Waals surface area contributed by atoms with Crippen LogP contribution in [0.3, 0.4) is 0 Å². The molecule has 0 spiro atoms. The van der Waals surface area contributed by atoms with E-state index >= 15 is 0 Å². The fraction of sp³-hybridized carbons (Fsp3) is 0.250. The van der Waals surface area contributed by atoms with Gasteiger partial charge in [0.05, 0.1) is 6.04 Å². The van der Waals surface area contributed by atoms with E-state index in [0.717, 1.165) is 38.3 Å². The Balaban J connectivity index is 1.52. The summed E-state index contributed by atoms with van der Waals surface area (Å²) in [6.45, 7) is 7.02. The molecule has 0 aromatic heterocycles. The molecule has 0 saturated carbocycles. The van der Waals surface area contributed by atoms with E-state index in [9.17, 15) is 4.79 Å². The molecule has 3 aromatic rings. The monoisotopic (exact) mass is 423 g/mol. The smallest absolute Gasteiger partial charge is 0.248 e. The molecule has 4 rings (SSSR count). The normalized spacial score (nSPS) is 15.5. The van der Waals surface area contributed by atoms with E-state index in [1.165, 1.54) is 16.7 Å². The first kappa shape index (κ1) is 21.8. The summed E-state index contributed by atoms with van der Waals surface area (Å²) in [5.41, 5.74) is 10.5. The molecule has 2 N–H and O–H groups in total. The largest absolute Gasteiger partial charge is 0.366 e. The SMILES string of the molecule is Cc1ccc(C(C#Cc2cccc(C(N)=O)c2)N2CCN(Cc3ccccc3)CC2)cc1. The fourth-order valence-corrected chi connectivity index (χ4v) is 4.06. The van der Waals surface area contributed by atoms with Gasteiger partial charge in [-0.2, -0.15) is 0 Å². The third-order valence-electron chi connectivity index (χ3n) is 5.91. The molecule has 0 bridgehead atoms. The second-order valence-electron chi connectivity index (χ2n) is 8.33. The lowest BCUT2D eigenvalue weighted by atomic mass is 10.0. The number of rotatable bonds is 5. The highest BCUT2D eigenvalue weighted by Gasteiger charge is 2.24. The van der Waals surface area contributed by atoms with Gasteiger partial charge in [0.1, 0.15) is 0 Å². The van der Waals surface area contributed by atoms with Crippen LogP contribution < -0.4 is 5.73 Å². The van der Waals surface area contributed by atoms with Gasteiger partial charge < -0.3 is 5.73 Å². The highest BCUT2D eigenvalue weighted by atomic mass is 16.1. The summed E-state index contributed by atoms with van der Waals surface area (Å²) in [5.74, 6) is 6.33. The van der Waals surface area contributed by atoms with E-state index in [-0.39, 0.29) is 6.04 Å². The van der Waals surface area contributed by atoms with Crippen LogP contribution in [0.5, 0.6) is 0 Å². The number of nitrogens with zero attached hydrogens (tertiary/aromatic N) is 2. The molecule has 3 aromatic carbocycles. The lowest BCUT2D eigenvalue weighted by Gasteiger charge is -2.37. The second kappa shape index (κ2) is 10.3. The second-order valence-corrected chi connectivity index (χ2v) is 8.33. The summed E-state index contributed by atoms with van der Waals surface area (Å²) in [6, 6.07) is 26.5. The third kappa shape index (κ3) is 5.64. The van der Waals surface area contributed by atoms with E-state index in [1.54, 1.807) is 12.1 Å². The molecule has 4 heteroatoms. The first-order valence-corrected chi connectivity index (χ1v) is 11.1. The van der Waals surface area contributed by atoms with Crippen molar-refractivity contribution in [2.24, 2.45) is 5.73 Å². The Hall–Kier alpha value is -3.39. The number of carbonyl (C=O) groups is 1. The summed E-state index contributed by atoms with van der Waals surface area (Å²) >= 11 is 0. The van der Waals surface area contributed by atoms with E-state index in [0.29, 0.717) is 5.56 Å². The Bertz CT molecular complexity index is 1100. The zero-order chi connectivity index (χ0) is 22.3. The van der Waals surface area contributed by atoms with E-state index in [1.807, 2.05) is 12.1 Å². The van der Waals surface area contributed by atoms with Gasteiger partial charge in [0.15, 0.2) is 0 Å². The summed E-state index contributed by atoms with van der Waals surface area (Å²) in [5, 5.41) is 0. The Kier molecular flexibility index (Phi) is 7.01. The molecule has 1 amide bonds. The molecule has 0 radical (unpaired) electrons. The van der Waals surface area contributed by atoms with Crippen molar-refractivity contribution in [1.29, 1.82) is 0 Å². The van der Waals surface area contributed by atoms with E-state index in [2.05, 4.69) is 83.2 Å². The maximum Gasteiger partial charge on any atom is 0.248 e. The minimum absolute atomic E-state index is 0.00621. The van der Waals surface area contributed by atoms with Crippen molar-refractivity contribution in [2.75, 3.05) is 26.2 Å². The van der Waals surface area contributed by atoms with Gasteiger partial charge in [-0.1, -0.05) is 78.1 Å². The highest BCUT2D eigenvalue weighted by molar-refractivity contribution is 5.93. The van der Waals surface area contributed by atoms with Crippen molar-refractivity contribution in [3.05, 3.63) is 107 Å². The molecular weight excluding hydrogens is 394 g/mol. The molecule has 162 valence electrons. The van der Waals surface area contributed by atoms with Crippen molar-refractivity contribution in [1.82, 2.24) is 9.80 Å². The van der Waals surface area contributed by atoms with Crippen molar-refractivity contribution in [3.8, 4) is 11.8 Å². The van der Waals surface area contributed by atoms with Gasteiger partial charge in [-0.15, -0.1) is 0 Å². The predicted molar refractivity (Wildman–Crippen MR) is 129 cm³/mol. The maximum absolute atomic E-state index is 11.5. The van der Waals surface area contributed by atoms with Crippen LogP contribution in [0.1, 0.15) is 38.7 Å². The van der Waals surface area contributed by atoms with Crippen molar-refractivity contribution in [3.63, 3.8) is 0 Å². The first-order chi connectivity index (χ1) is 15.6. The molecule has 1 aliphatic rings. The summed E-state index contributed by atoms with van der Waals surface area (Å²) in [4.78, 5) is 16.5. The average molecular weight is 424 g/mol. The van der Waals surface area contributed by atoms with Crippen molar-refractivity contribution >= 4 is 5.91 Å². The van der Waals surface area contributed by atoms with Gasteiger partial charge >= 0.3 is 0 Å². The molecule has 0 aliphatic carbocycles. The number of piperazine rings is 1. The van der Waals surface area contributed by atoms with Gasteiger partial charge in [-0.25, -0.2) is 0 Å². The summed E-state index contributed by atoms with van der Waals surface area (Å²) in [7, 11) is 0. The van der Waals surface area contributed by atoms with Gasteiger partial charge in [0.25, 0.3) is 0 Å². The number of hydrogen-bond acceptors (Lipinski definition) is 3. The summed E-state index contributed by atoms with van der Waals surface area (Å²) < 4.78 is 0. The molecule has 4 nitrogen and oxygen atoms in total. The molecule has 1 unspecified atom stereocenters. The zero-order valence-corrected chi connectivity index (χ0v) is 18.5. The molecule has 1 saturated heterocycles. The van der Waals surface area contributed by atoms with Crippen molar-refractivity contribution < 1.29 is 4.79 Å². The molecule has 1 fully saturated rings. The minimum Gasteiger partial charge on any atom is -0.366 e. The van der Waals surface area contributed by atoms with Crippen LogP contribution in [-0.4, -0.2) is 41.9 Å². The quantitative estimate of drug-likeness (QED) is 0.631. The van der Waals surface area contributed by atoms with Crippen molar-refractivity contribution in [2.45, 2.75) is 19.5 Å². The van der Waals surface area contributed by atoms with E-state index in [4.69, 9.17) is 5.73 Å². The van der Waals surface area contributed by atoms with Gasteiger partial charge in [0.2, 0.25) is 5.91 Å². The van der Waals surface area contributed by atoms with Gasteiger partial charge in [0, 0.05) is 43.9 Å². The standard InChI is InChI=1S/C28H29N3O/c1-22-10-13-25(14-11-22)27(15-12-23-8-5-9-26(20-23)28(29)32)31-18-16-30(17-19-31)21-24-6-3-2-4-7-24/h2-11,13-14,20,27H,16-19,21H2,1H3,(H2,29,32). The number of amides is 1. The van der Waals surface area contributed by atoms with Gasteiger partial charge in [-0.05, 0) is 36.2 Å². The van der Waals surface area contributed by atoms with Crippen LogP contribution in [0.2, 0.25) is 0 Å². The number of carbonyl (C=O) groups excluding carboxylic acids is 1. The van der Waals surface area contributed by atoms with Crippen LogP contribution in [0, 0.1) is 18.8 Å². The Labute approximate surface area is 190 Å². The topological polar surface area (TPSA) is 49.6 Å². The fourth-order valence-electron chi connectivity index (χ4n) is 4.06. The molecule has 1 atom stereocenters. The highest BCUT2D eigenvalue weighted by Crippen LogP contribution is 2.23. The lowest BCUT2D eigenvalue weighted by molar-refractivity contribution is 0.1000. The number of primary amides is 1. The number of hydrogen-bond donors (Lipinski definition) is 1. The number of benzene rings is 3. The molecule has 32 heavy (non-hydrogen) atoms. The number of nitrogens with two attached hydrogens (primary N) is 1. The summed E-state index contributed by atoms with van der Waals surface area (Å²) in [6.07, 6.45) is 0. The van der Waals surface area contributed by atoms with Crippen LogP contribution in [0.4, 0.5) is 0 Å². The van der Waals surface area contributed by atoms with Crippen LogP contribution in [-0.2, 0) is 6.54 Å². The van der Waals surface area contributed by atoms with Crippen LogP contribution in [0.25, 0.3) is 0 Å². The molecule has 1 aliphatic heterocycles. The Morgan fingerprint density at radius 1 is 0.938 bits per heavy atom. The minimum atomic E-state index is -0.432. The molecule has 1 heterocycles. The maximum atomic E-state index is 11.5. The average Bonchev–Trinajstić information content (AvgIpc) is 2.82. The van der Waals surface area contributed by atoms with Crippen LogP contribution >= 0.6 is 0 Å².